The molecular formula is C11H24N2O3S. The van der Waals surface area contributed by atoms with Crippen LogP contribution in [-0.4, -0.2) is 55.4 Å². The maximum Gasteiger partial charge on any atom is 0.281 e. The third-order valence-corrected chi connectivity index (χ3v) is 5.15. The predicted octanol–water partition coefficient (Wildman–Crippen LogP) is 0.667. The molecule has 1 heterocycles. The minimum atomic E-state index is -3.35. The van der Waals surface area contributed by atoms with Crippen molar-refractivity contribution in [1.82, 2.24) is 8.61 Å². The molecule has 0 aromatic carbocycles. The van der Waals surface area contributed by atoms with Crippen LogP contribution in [0.3, 0.4) is 0 Å². The fourth-order valence-electron chi connectivity index (χ4n) is 2.17. The zero-order valence-corrected chi connectivity index (χ0v) is 11.8. The lowest BCUT2D eigenvalue weighted by Crippen LogP contribution is -2.49. The van der Waals surface area contributed by atoms with E-state index < -0.39 is 10.2 Å². The van der Waals surface area contributed by atoms with E-state index in [-0.39, 0.29) is 12.0 Å². The fraction of sp³-hybridized carbons (Fsp3) is 1.00. The molecule has 0 atom stereocenters. The van der Waals surface area contributed by atoms with E-state index in [2.05, 4.69) is 13.8 Å². The molecule has 6 heteroatoms. The first-order valence-electron chi connectivity index (χ1n) is 6.12. The lowest BCUT2D eigenvalue weighted by Gasteiger charge is -2.38. The van der Waals surface area contributed by atoms with Gasteiger partial charge < -0.3 is 5.11 Å². The number of hydrogen-bond acceptors (Lipinski definition) is 3. The van der Waals surface area contributed by atoms with Crippen LogP contribution in [0.5, 0.6) is 0 Å². The quantitative estimate of drug-likeness (QED) is 0.794. The summed E-state index contributed by atoms with van der Waals surface area (Å²) in [6.45, 7) is 5.78. The van der Waals surface area contributed by atoms with Gasteiger partial charge in [-0.25, -0.2) is 0 Å². The van der Waals surface area contributed by atoms with Gasteiger partial charge >= 0.3 is 0 Å². The van der Waals surface area contributed by atoms with Gasteiger partial charge in [-0.3, -0.25) is 0 Å². The second-order valence-electron chi connectivity index (χ2n) is 5.51. The molecule has 17 heavy (non-hydrogen) atoms. The lowest BCUT2D eigenvalue weighted by molar-refractivity contribution is 0.178. The Hall–Kier alpha value is -0.170. The molecule has 0 aliphatic carbocycles. The van der Waals surface area contributed by atoms with Crippen molar-refractivity contribution >= 4 is 10.2 Å². The average molecular weight is 264 g/mol. The molecule has 0 aromatic heterocycles. The van der Waals surface area contributed by atoms with E-state index in [1.54, 1.807) is 11.4 Å². The first-order chi connectivity index (χ1) is 7.79. The van der Waals surface area contributed by atoms with Crippen molar-refractivity contribution in [3.63, 3.8) is 0 Å². The van der Waals surface area contributed by atoms with Gasteiger partial charge in [-0.05, 0) is 24.7 Å². The molecule has 1 saturated heterocycles. The van der Waals surface area contributed by atoms with E-state index in [9.17, 15) is 8.42 Å². The van der Waals surface area contributed by atoms with Crippen molar-refractivity contribution in [3.8, 4) is 0 Å². The molecule has 1 rings (SSSR count). The van der Waals surface area contributed by atoms with E-state index >= 15 is 0 Å². The summed E-state index contributed by atoms with van der Waals surface area (Å²) in [5, 5.41) is 8.74. The monoisotopic (exact) mass is 264 g/mol. The Morgan fingerprint density at radius 1 is 1.41 bits per heavy atom. The second kappa shape index (κ2) is 5.65. The highest BCUT2D eigenvalue weighted by atomic mass is 32.2. The Kier molecular flexibility index (Phi) is 4.95. The molecule has 0 radical (unpaired) electrons. The van der Waals surface area contributed by atoms with Crippen molar-refractivity contribution in [1.29, 1.82) is 0 Å². The summed E-state index contributed by atoms with van der Waals surface area (Å²) in [4.78, 5) is 0. The first kappa shape index (κ1) is 14.9. The second-order valence-corrected chi connectivity index (χ2v) is 7.54. The van der Waals surface area contributed by atoms with Gasteiger partial charge in [0, 0.05) is 33.3 Å². The summed E-state index contributed by atoms with van der Waals surface area (Å²) in [5.74, 6) is 0. The molecule has 0 bridgehead atoms. The van der Waals surface area contributed by atoms with E-state index in [0.717, 1.165) is 12.8 Å². The normalized spacial score (nSPS) is 21.9. The third-order valence-electron chi connectivity index (χ3n) is 3.22. The molecule has 1 fully saturated rings. The van der Waals surface area contributed by atoms with Gasteiger partial charge in [-0.2, -0.15) is 17.0 Å². The molecule has 5 nitrogen and oxygen atoms in total. The number of nitrogens with zero attached hydrogens (tertiary/aromatic N) is 2. The Balaban J connectivity index is 2.69. The van der Waals surface area contributed by atoms with Crippen LogP contribution in [-0.2, 0) is 10.2 Å². The van der Waals surface area contributed by atoms with Crippen LogP contribution in [0.15, 0.2) is 0 Å². The van der Waals surface area contributed by atoms with Gasteiger partial charge in [0.05, 0.1) is 0 Å². The van der Waals surface area contributed by atoms with Crippen LogP contribution in [0, 0.1) is 5.41 Å². The van der Waals surface area contributed by atoms with E-state index in [0.29, 0.717) is 26.1 Å². The van der Waals surface area contributed by atoms with Crippen LogP contribution in [0.1, 0.15) is 33.1 Å². The summed E-state index contributed by atoms with van der Waals surface area (Å²) in [7, 11) is -1.77. The summed E-state index contributed by atoms with van der Waals surface area (Å²) < 4.78 is 27.4. The molecule has 0 amide bonds. The molecule has 0 saturated carbocycles. The van der Waals surface area contributed by atoms with Gasteiger partial charge in [0.15, 0.2) is 0 Å². The molecule has 102 valence electrons. The van der Waals surface area contributed by atoms with Crippen LogP contribution >= 0.6 is 0 Å². The summed E-state index contributed by atoms with van der Waals surface area (Å²) in [5.41, 5.74) is 0.0587. The van der Waals surface area contributed by atoms with Crippen molar-refractivity contribution in [2.45, 2.75) is 33.1 Å². The Bertz CT molecular complexity index is 341. The SMILES string of the molecule is CN(CCCO)S(=O)(=O)N1CCCC(C)(C)C1. The molecule has 0 unspecified atom stereocenters. The van der Waals surface area contributed by atoms with E-state index in [1.165, 1.54) is 4.31 Å². The van der Waals surface area contributed by atoms with Gasteiger partial charge in [-0.15, -0.1) is 0 Å². The van der Waals surface area contributed by atoms with Gasteiger partial charge in [0.25, 0.3) is 10.2 Å². The van der Waals surface area contributed by atoms with Crippen LogP contribution in [0.2, 0.25) is 0 Å². The van der Waals surface area contributed by atoms with Gasteiger partial charge in [0.1, 0.15) is 0 Å². The van der Waals surface area contributed by atoms with Crippen LogP contribution in [0.25, 0.3) is 0 Å². The summed E-state index contributed by atoms with van der Waals surface area (Å²) in [6.07, 6.45) is 2.46. The molecule has 1 N–H and O–H groups in total. The van der Waals surface area contributed by atoms with Crippen LogP contribution in [0.4, 0.5) is 0 Å². The number of aliphatic hydroxyl groups excluding tert-OH is 1. The van der Waals surface area contributed by atoms with Crippen LogP contribution < -0.4 is 0 Å². The van der Waals surface area contributed by atoms with Gasteiger partial charge in [0.2, 0.25) is 0 Å². The molecule has 0 spiro atoms. The van der Waals surface area contributed by atoms with Crippen molar-refractivity contribution in [2.75, 3.05) is 33.3 Å². The Labute approximate surface area is 105 Å². The highest BCUT2D eigenvalue weighted by molar-refractivity contribution is 7.86. The Morgan fingerprint density at radius 3 is 2.59 bits per heavy atom. The maximum absolute atomic E-state index is 12.2. The molecular weight excluding hydrogens is 240 g/mol. The standard InChI is InChI=1S/C11H24N2O3S/c1-11(2)6-4-8-13(10-11)17(15,16)12(3)7-5-9-14/h14H,4-10H2,1-3H3. The minimum Gasteiger partial charge on any atom is -0.396 e. The topological polar surface area (TPSA) is 60.9 Å². The molecule has 0 aromatic rings. The van der Waals surface area contributed by atoms with E-state index in [4.69, 9.17) is 5.11 Å². The maximum atomic E-state index is 12.2. The smallest absolute Gasteiger partial charge is 0.281 e. The lowest BCUT2D eigenvalue weighted by atomic mass is 9.85. The Morgan fingerprint density at radius 2 is 2.06 bits per heavy atom. The molecule has 1 aliphatic rings. The number of piperidine rings is 1. The highest BCUT2D eigenvalue weighted by Crippen LogP contribution is 2.30. The zero-order chi connectivity index (χ0) is 13.1. The number of hydrogen-bond donors (Lipinski definition) is 1. The first-order valence-corrected chi connectivity index (χ1v) is 7.51. The zero-order valence-electron chi connectivity index (χ0n) is 11.0. The van der Waals surface area contributed by atoms with Crippen molar-refractivity contribution in [2.24, 2.45) is 5.41 Å². The predicted molar refractivity (Wildman–Crippen MR) is 67.8 cm³/mol. The largest absolute Gasteiger partial charge is 0.396 e. The van der Waals surface area contributed by atoms with Crippen molar-refractivity contribution < 1.29 is 13.5 Å². The summed E-state index contributed by atoms with van der Waals surface area (Å²) >= 11 is 0. The van der Waals surface area contributed by atoms with E-state index in [1.807, 2.05) is 0 Å². The summed E-state index contributed by atoms with van der Waals surface area (Å²) in [6, 6.07) is 0. The fourth-order valence-corrected chi connectivity index (χ4v) is 3.80. The molecule has 1 aliphatic heterocycles. The third kappa shape index (κ3) is 3.91. The number of aliphatic hydroxyl groups is 1. The van der Waals surface area contributed by atoms with Gasteiger partial charge in [-0.1, -0.05) is 13.8 Å². The highest BCUT2D eigenvalue weighted by Gasteiger charge is 2.34. The number of rotatable bonds is 5. The average Bonchev–Trinajstić information content (AvgIpc) is 2.24. The van der Waals surface area contributed by atoms with Crippen molar-refractivity contribution in [3.05, 3.63) is 0 Å². The minimum absolute atomic E-state index is 0.0192.